The Balaban J connectivity index is 1.88. The van der Waals surface area contributed by atoms with Crippen molar-refractivity contribution in [2.45, 2.75) is 20.4 Å². The van der Waals surface area contributed by atoms with Crippen molar-refractivity contribution in [3.05, 3.63) is 59.9 Å². The average molecular weight is 293 g/mol. The number of nitrogens with zero attached hydrogens (tertiary/aromatic N) is 2. The van der Waals surface area contributed by atoms with Crippen molar-refractivity contribution in [3.63, 3.8) is 0 Å². The largest absolute Gasteiger partial charge is 0.494 e. The lowest BCUT2D eigenvalue weighted by Gasteiger charge is -2.13. The van der Waals surface area contributed by atoms with Gasteiger partial charge in [0.15, 0.2) is 0 Å². The van der Waals surface area contributed by atoms with Crippen molar-refractivity contribution < 1.29 is 4.74 Å². The van der Waals surface area contributed by atoms with Crippen LogP contribution in [0.5, 0.6) is 5.75 Å². The Labute approximate surface area is 130 Å². The number of hydrogen-bond donors (Lipinski definition) is 1. The van der Waals surface area contributed by atoms with Crippen LogP contribution in [0, 0.1) is 6.92 Å². The van der Waals surface area contributed by atoms with E-state index in [1.165, 1.54) is 0 Å². The van der Waals surface area contributed by atoms with Gasteiger partial charge in [0.25, 0.3) is 0 Å². The maximum absolute atomic E-state index is 5.66. The minimum absolute atomic E-state index is 0.659. The summed E-state index contributed by atoms with van der Waals surface area (Å²) in [6, 6.07) is 16.1. The minimum atomic E-state index is 0.659. The van der Waals surface area contributed by atoms with Crippen LogP contribution in [0.2, 0.25) is 0 Å². The third-order valence-electron chi connectivity index (χ3n) is 3.43. The zero-order valence-electron chi connectivity index (χ0n) is 12.8. The number of aryl methyl sites for hydroxylation is 1. The first-order valence-corrected chi connectivity index (χ1v) is 7.46. The molecule has 0 spiro atoms. The summed E-state index contributed by atoms with van der Waals surface area (Å²) in [5.74, 6) is 2.53. The number of hydrogen-bond acceptors (Lipinski definition) is 4. The molecule has 22 heavy (non-hydrogen) atoms. The van der Waals surface area contributed by atoms with Gasteiger partial charge >= 0.3 is 0 Å². The van der Waals surface area contributed by atoms with Crippen LogP contribution in [0.4, 0.5) is 5.82 Å². The van der Waals surface area contributed by atoms with Crippen LogP contribution in [-0.2, 0) is 6.54 Å². The molecule has 0 atom stereocenters. The van der Waals surface area contributed by atoms with E-state index >= 15 is 0 Å². The summed E-state index contributed by atoms with van der Waals surface area (Å²) in [6.07, 6.45) is 0. The van der Waals surface area contributed by atoms with Crippen molar-refractivity contribution in [3.8, 4) is 5.75 Å². The van der Waals surface area contributed by atoms with Crippen molar-refractivity contribution in [2.75, 3.05) is 11.9 Å². The lowest BCUT2D eigenvalue weighted by molar-refractivity contribution is 0.337. The maximum atomic E-state index is 5.66. The summed E-state index contributed by atoms with van der Waals surface area (Å²) >= 11 is 0. The fourth-order valence-electron chi connectivity index (χ4n) is 2.45. The predicted molar refractivity (Wildman–Crippen MR) is 89.2 cm³/mol. The molecule has 0 aliphatic heterocycles. The normalized spacial score (nSPS) is 10.6. The molecule has 0 bridgehead atoms. The van der Waals surface area contributed by atoms with E-state index in [9.17, 15) is 0 Å². The number of anilines is 1. The second-order valence-electron chi connectivity index (χ2n) is 5.03. The van der Waals surface area contributed by atoms with Gasteiger partial charge in [0.2, 0.25) is 0 Å². The van der Waals surface area contributed by atoms with E-state index in [0.29, 0.717) is 13.2 Å². The van der Waals surface area contributed by atoms with Gasteiger partial charge in [-0.15, -0.1) is 0 Å². The van der Waals surface area contributed by atoms with Crippen LogP contribution in [-0.4, -0.2) is 16.6 Å². The molecule has 0 radical (unpaired) electrons. The molecule has 4 nitrogen and oxygen atoms in total. The predicted octanol–water partition coefficient (Wildman–Crippen LogP) is 3.95. The quantitative estimate of drug-likeness (QED) is 0.773. The first kappa shape index (κ1) is 14.3. The molecule has 4 heteroatoms. The third-order valence-corrected chi connectivity index (χ3v) is 3.43. The summed E-state index contributed by atoms with van der Waals surface area (Å²) in [6.45, 7) is 5.22. The molecule has 1 heterocycles. The highest BCUT2D eigenvalue weighted by Crippen LogP contribution is 2.23. The molecule has 0 fully saturated rings. The van der Waals surface area contributed by atoms with Gasteiger partial charge in [-0.05, 0) is 32.0 Å². The molecule has 2 aromatic carbocycles. The molecule has 0 amide bonds. The molecule has 1 aromatic heterocycles. The van der Waals surface area contributed by atoms with Crippen molar-refractivity contribution in [2.24, 2.45) is 0 Å². The average Bonchev–Trinajstić information content (AvgIpc) is 2.54. The molecular formula is C18H19N3O. The number of ether oxygens (including phenoxy) is 1. The molecule has 0 aliphatic rings. The number of rotatable bonds is 5. The SMILES string of the molecule is CCOc1ccccc1CNc1nc(C)nc2ccccc12. The first-order chi connectivity index (χ1) is 10.8. The monoisotopic (exact) mass is 293 g/mol. The molecule has 1 N–H and O–H groups in total. The summed E-state index contributed by atoms with van der Waals surface area (Å²) in [4.78, 5) is 8.99. The Bertz CT molecular complexity index is 786. The standard InChI is InChI=1S/C18H19N3O/c1-3-22-17-11-7-4-8-14(17)12-19-18-15-9-5-6-10-16(15)20-13(2)21-18/h4-11H,3,12H2,1-2H3,(H,19,20,21). The van der Waals surface area contributed by atoms with E-state index in [2.05, 4.69) is 21.4 Å². The molecule has 0 saturated carbocycles. The van der Waals surface area contributed by atoms with Gasteiger partial charge in [0, 0.05) is 17.5 Å². The fourth-order valence-corrected chi connectivity index (χ4v) is 2.45. The van der Waals surface area contributed by atoms with Crippen molar-refractivity contribution >= 4 is 16.7 Å². The molecule has 3 aromatic rings. The zero-order chi connectivity index (χ0) is 15.4. The van der Waals surface area contributed by atoms with E-state index in [1.807, 2.05) is 56.3 Å². The first-order valence-electron chi connectivity index (χ1n) is 7.46. The maximum Gasteiger partial charge on any atom is 0.137 e. The van der Waals surface area contributed by atoms with Crippen LogP contribution >= 0.6 is 0 Å². The second-order valence-corrected chi connectivity index (χ2v) is 5.03. The molecule has 112 valence electrons. The Kier molecular flexibility index (Phi) is 4.19. The fraction of sp³-hybridized carbons (Fsp3) is 0.222. The van der Waals surface area contributed by atoms with Crippen molar-refractivity contribution in [1.29, 1.82) is 0 Å². The number of para-hydroxylation sites is 2. The molecule has 3 rings (SSSR count). The summed E-state index contributed by atoms with van der Waals surface area (Å²) in [5.41, 5.74) is 2.07. The van der Waals surface area contributed by atoms with Gasteiger partial charge in [-0.1, -0.05) is 30.3 Å². The highest BCUT2D eigenvalue weighted by Gasteiger charge is 2.07. The van der Waals surface area contributed by atoms with Gasteiger partial charge < -0.3 is 10.1 Å². The van der Waals surface area contributed by atoms with Gasteiger partial charge in [-0.25, -0.2) is 9.97 Å². The minimum Gasteiger partial charge on any atom is -0.494 e. The summed E-state index contributed by atoms with van der Waals surface area (Å²) in [7, 11) is 0. The third kappa shape index (κ3) is 3.01. The van der Waals surface area contributed by atoms with E-state index in [-0.39, 0.29) is 0 Å². The molecule has 0 aliphatic carbocycles. The highest BCUT2D eigenvalue weighted by atomic mass is 16.5. The lowest BCUT2D eigenvalue weighted by atomic mass is 10.2. The Hall–Kier alpha value is -2.62. The zero-order valence-corrected chi connectivity index (χ0v) is 12.8. The van der Waals surface area contributed by atoms with E-state index in [1.54, 1.807) is 0 Å². The van der Waals surface area contributed by atoms with Crippen molar-refractivity contribution in [1.82, 2.24) is 9.97 Å². The van der Waals surface area contributed by atoms with Gasteiger partial charge in [0.05, 0.1) is 12.1 Å². The molecule has 0 saturated heterocycles. The lowest BCUT2D eigenvalue weighted by Crippen LogP contribution is -2.06. The van der Waals surface area contributed by atoms with Crippen LogP contribution in [0.25, 0.3) is 10.9 Å². The highest BCUT2D eigenvalue weighted by molar-refractivity contribution is 5.88. The Morgan fingerprint density at radius 3 is 2.64 bits per heavy atom. The number of benzene rings is 2. The second kappa shape index (κ2) is 6.43. The van der Waals surface area contributed by atoms with E-state index < -0.39 is 0 Å². The number of fused-ring (bicyclic) bond motifs is 1. The number of aromatic nitrogens is 2. The molecular weight excluding hydrogens is 274 g/mol. The topological polar surface area (TPSA) is 47.0 Å². The van der Waals surface area contributed by atoms with Gasteiger partial charge in [-0.2, -0.15) is 0 Å². The summed E-state index contributed by atoms with van der Waals surface area (Å²) in [5, 5.41) is 4.44. The molecule has 0 unspecified atom stereocenters. The van der Waals surface area contributed by atoms with E-state index in [0.717, 1.165) is 33.9 Å². The summed E-state index contributed by atoms with van der Waals surface area (Å²) < 4.78 is 5.66. The number of nitrogens with one attached hydrogen (secondary N) is 1. The van der Waals surface area contributed by atoms with Crippen LogP contribution in [0.3, 0.4) is 0 Å². The van der Waals surface area contributed by atoms with Crippen LogP contribution < -0.4 is 10.1 Å². The Morgan fingerprint density at radius 2 is 1.77 bits per heavy atom. The smallest absolute Gasteiger partial charge is 0.137 e. The van der Waals surface area contributed by atoms with Gasteiger partial charge in [-0.3, -0.25) is 0 Å². The van der Waals surface area contributed by atoms with Crippen LogP contribution in [0.1, 0.15) is 18.3 Å². The Morgan fingerprint density at radius 1 is 1.00 bits per heavy atom. The van der Waals surface area contributed by atoms with Gasteiger partial charge in [0.1, 0.15) is 17.4 Å². The van der Waals surface area contributed by atoms with E-state index in [4.69, 9.17) is 4.74 Å². The van der Waals surface area contributed by atoms with Crippen LogP contribution in [0.15, 0.2) is 48.5 Å².